The van der Waals surface area contributed by atoms with Crippen molar-refractivity contribution in [3.63, 3.8) is 0 Å². The van der Waals surface area contributed by atoms with Gasteiger partial charge in [-0.2, -0.15) is 5.10 Å². The van der Waals surface area contributed by atoms with Crippen molar-refractivity contribution in [2.75, 3.05) is 0 Å². The third-order valence-electron chi connectivity index (χ3n) is 5.01. The standard InChI is InChI=1S/C24H22N2O/c1-17-7-11-19(12-8-17)23(15-24(27)20-13-9-18(2)10-14-20)26-22-6-4-3-5-21(22)16-25-26/h3-14,16,23H,15H2,1-2H3. The summed E-state index contributed by atoms with van der Waals surface area (Å²) in [5.74, 6) is 0.125. The van der Waals surface area contributed by atoms with Gasteiger partial charge in [0, 0.05) is 17.4 Å². The molecular formula is C24H22N2O. The molecule has 1 atom stereocenters. The zero-order valence-corrected chi connectivity index (χ0v) is 15.6. The summed E-state index contributed by atoms with van der Waals surface area (Å²) in [5.41, 5.74) is 5.23. The molecule has 0 bridgehead atoms. The van der Waals surface area contributed by atoms with Crippen LogP contribution in [0, 0.1) is 13.8 Å². The van der Waals surface area contributed by atoms with Gasteiger partial charge in [0.25, 0.3) is 0 Å². The lowest BCUT2D eigenvalue weighted by atomic mass is 9.96. The second kappa shape index (κ2) is 7.20. The Morgan fingerprint density at radius 2 is 1.52 bits per heavy atom. The van der Waals surface area contributed by atoms with Gasteiger partial charge in [0.1, 0.15) is 0 Å². The highest BCUT2D eigenvalue weighted by Gasteiger charge is 2.21. The highest BCUT2D eigenvalue weighted by molar-refractivity contribution is 5.96. The first-order chi connectivity index (χ1) is 13.1. The number of rotatable bonds is 5. The molecule has 0 N–H and O–H groups in total. The van der Waals surface area contributed by atoms with Crippen molar-refractivity contribution in [3.05, 3.63) is 101 Å². The van der Waals surface area contributed by atoms with Gasteiger partial charge in [-0.1, -0.05) is 77.9 Å². The van der Waals surface area contributed by atoms with Crippen molar-refractivity contribution in [1.29, 1.82) is 0 Å². The number of aryl methyl sites for hydroxylation is 2. The number of carbonyl (C=O) groups is 1. The molecule has 134 valence electrons. The molecule has 0 amide bonds. The Balaban J connectivity index is 1.75. The molecule has 0 saturated carbocycles. The summed E-state index contributed by atoms with van der Waals surface area (Å²) in [6, 6.07) is 24.1. The lowest BCUT2D eigenvalue weighted by Crippen LogP contribution is -2.17. The predicted molar refractivity (Wildman–Crippen MR) is 109 cm³/mol. The van der Waals surface area contributed by atoms with E-state index in [1.807, 2.05) is 60.3 Å². The smallest absolute Gasteiger partial charge is 0.165 e. The largest absolute Gasteiger partial charge is 0.294 e. The minimum absolute atomic E-state index is 0.125. The van der Waals surface area contributed by atoms with Gasteiger partial charge in [-0.25, -0.2) is 0 Å². The van der Waals surface area contributed by atoms with Gasteiger partial charge in [-0.15, -0.1) is 0 Å². The van der Waals surface area contributed by atoms with Crippen molar-refractivity contribution in [1.82, 2.24) is 9.78 Å². The van der Waals surface area contributed by atoms with Crippen LogP contribution in [0.3, 0.4) is 0 Å². The van der Waals surface area contributed by atoms with Gasteiger partial charge in [0.2, 0.25) is 0 Å². The van der Waals surface area contributed by atoms with E-state index in [1.54, 1.807) is 0 Å². The van der Waals surface area contributed by atoms with Crippen molar-refractivity contribution in [2.45, 2.75) is 26.3 Å². The minimum atomic E-state index is -0.140. The number of Topliss-reactive ketones (excluding diaryl/α,β-unsaturated/α-hetero) is 1. The van der Waals surface area contributed by atoms with E-state index in [0.717, 1.165) is 27.6 Å². The summed E-state index contributed by atoms with van der Waals surface area (Å²) >= 11 is 0. The lowest BCUT2D eigenvalue weighted by molar-refractivity contribution is 0.0968. The highest BCUT2D eigenvalue weighted by Crippen LogP contribution is 2.28. The topological polar surface area (TPSA) is 34.9 Å². The molecule has 1 aromatic heterocycles. The molecule has 3 nitrogen and oxygen atoms in total. The van der Waals surface area contributed by atoms with Crippen LogP contribution >= 0.6 is 0 Å². The highest BCUT2D eigenvalue weighted by atomic mass is 16.1. The number of aromatic nitrogens is 2. The molecule has 4 aromatic rings. The van der Waals surface area contributed by atoms with Crippen LogP contribution < -0.4 is 0 Å². The molecular weight excluding hydrogens is 332 g/mol. The van der Waals surface area contributed by atoms with Crippen LogP contribution in [0.4, 0.5) is 0 Å². The number of fused-ring (bicyclic) bond motifs is 1. The van der Waals surface area contributed by atoms with Gasteiger partial charge in [0.15, 0.2) is 5.78 Å². The SMILES string of the molecule is Cc1ccc(C(=O)CC(c2ccc(C)cc2)n2ncc3ccccc32)cc1. The quantitative estimate of drug-likeness (QED) is 0.443. The molecule has 0 aliphatic rings. The fourth-order valence-corrected chi connectivity index (χ4v) is 3.41. The Morgan fingerprint density at radius 3 is 2.22 bits per heavy atom. The lowest BCUT2D eigenvalue weighted by Gasteiger charge is -2.19. The number of hydrogen-bond donors (Lipinski definition) is 0. The second-order valence-electron chi connectivity index (χ2n) is 7.07. The van der Waals surface area contributed by atoms with Crippen LogP contribution in [0.5, 0.6) is 0 Å². The average molecular weight is 354 g/mol. The number of carbonyl (C=O) groups excluding carboxylic acids is 1. The van der Waals surface area contributed by atoms with Gasteiger partial charge in [0.05, 0.1) is 17.8 Å². The first kappa shape index (κ1) is 17.2. The molecule has 0 saturated heterocycles. The van der Waals surface area contributed by atoms with Crippen molar-refractivity contribution >= 4 is 16.7 Å². The number of nitrogens with zero attached hydrogens (tertiary/aromatic N) is 2. The van der Waals surface area contributed by atoms with E-state index in [9.17, 15) is 4.79 Å². The van der Waals surface area contributed by atoms with Gasteiger partial charge in [-0.3, -0.25) is 9.48 Å². The van der Waals surface area contributed by atoms with Crippen molar-refractivity contribution in [2.24, 2.45) is 0 Å². The van der Waals surface area contributed by atoms with E-state index in [2.05, 4.69) is 42.4 Å². The number of ketones is 1. The van der Waals surface area contributed by atoms with Crippen LogP contribution in [-0.4, -0.2) is 15.6 Å². The third kappa shape index (κ3) is 3.54. The third-order valence-corrected chi connectivity index (χ3v) is 5.01. The van der Waals surface area contributed by atoms with E-state index in [0.29, 0.717) is 6.42 Å². The van der Waals surface area contributed by atoms with Gasteiger partial charge >= 0.3 is 0 Å². The summed E-state index contributed by atoms with van der Waals surface area (Å²) in [4.78, 5) is 13.0. The summed E-state index contributed by atoms with van der Waals surface area (Å²) in [6.45, 7) is 4.10. The first-order valence-corrected chi connectivity index (χ1v) is 9.20. The van der Waals surface area contributed by atoms with E-state index in [-0.39, 0.29) is 11.8 Å². The van der Waals surface area contributed by atoms with E-state index in [4.69, 9.17) is 0 Å². The molecule has 0 radical (unpaired) electrons. The molecule has 1 heterocycles. The average Bonchev–Trinajstić information content (AvgIpc) is 3.11. The minimum Gasteiger partial charge on any atom is -0.294 e. The molecule has 0 spiro atoms. The molecule has 3 heteroatoms. The van der Waals surface area contributed by atoms with E-state index >= 15 is 0 Å². The molecule has 3 aromatic carbocycles. The zero-order valence-electron chi connectivity index (χ0n) is 15.6. The van der Waals surface area contributed by atoms with Crippen LogP contribution in [0.25, 0.3) is 10.9 Å². The van der Waals surface area contributed by atoms with Crippen LogP contribution in [0.15, 0.2) is 79.0 Å². The predicted octanol–water partition coefficient (Wildman–Crippen LogP) is 5.52. The Bertz CT molecular complexity index is 1080. The number of benzene rings is 3. The number of hydrogen-bond acceptors (Lipinski definition) is 2. The molecule has 27 heavy (non-hydrogen) atoms. The Morgan fingerprint density at radius 1 is 0.889 bits per heavy atom. The molecule has 0 fully saturated rings. The zero-order chi connectivity index (χ0) is 18.8. The maximum absolute atomic E-state index is 13.0. The first-order valence-electron chi connectivity index (χ1n) is 9.20. The van der Waals surface area contributed by atoms with Gasteiger partial charge in [-0.05, 0) is 25.5 Å². The van der Waals surface area contributed by atoms with Crippen molar-refractivity contribution in [3.8, 4) is 0 Å². The van der Waals surface area contributed by atoms with Crippen molar-refractivity contribution < 1.29 is 4.79 Å². The van der Waals surface area contributed by atoms with Crippen LogP contribution in [0.2, 0.25) is 0 Å². The summed E-state index contributed by atoms with van der Waals surface area (Å²) in [6.07, 6.45) is 2.24. The second-order valence-corrected chi connectivity index (χ2v) is 7.07. The monoisotopic (exact) mass is 354 g/mol. The molecule has 0 aliphatic heterocycles. The van der Waals surface area contributed by atoms with Crippen LogP contribution in [0.1, 0.15) is 39.5 Å². The fraction of sp³-hybridized carbons (Fsp3) is 0.167. The molecule has 4 rings (SSSR count). The van der Waals surface area contributed by atoms with Gasteiger partial charge < -0.3 is 0 Å². The summed E-state index contributed by atoms with van der Waals surface area (Å²) in [7, 11) is 0. The van der Waals surface area contributed by atoms with E-state index in [1.165, 1.54) is 5.56 Å². The van der Waals surface area contributed by atoms with Crippen LogP contribution in [-0.2, 0) is 0 Å². The summed E-state index contributed by atoms with van der Waals surface area (Å²) in [5, 5.41) is 5.70. The molecule has 0 aliphatic carbocycles. The van der Waals surface area contributed by atoms with E-state index < -0.39 is 0 Å². The fourth-order valence-electron chi connectivity index (χ4n) is 3.41. The maximum Gasteiger partial charge on any atom is 0.165 e. The number of para-hydroxylation sites is 1. The normalized spacial score (nSPS) is 12.2. The molecule has 1 unspecified atom stereocenters. The summed E-state index contributed by atoms with van der Waals surface area (Å²) < 4.78 is 1.98. The Kier molecular flexibility index (Phi) is 4.59. The maximum atomic E-state index is 13.0. The Labute approximate surface area is 159 Å². The Hall–Kier alpha value is -3.20.